The van der Waals surface area contributed by atoms with Crippen LogP contribution < -0.4 is 10.6 Å². The van der Waals surface area contributed by atoms with E-state index in [4.69, 9.17) is 0 Å². The summed E-state index contributed by atoms with van der Waals surface area (Å²) in [6, 6.07) is 11.8. The summed E-state index contributed by atoms with van der Waals surface area (Å²) in [6.45, 7) is 8.79. The Morgan fingerprint density at radius 3 is 2.00 bits per heavy atom. The Bertz CT molecular complexity index is 1300. The molecule has 4 bridgehead atoms. The quantitative estimate of drug-likeness (QED) is 0.241. The number of unbranched alkanes of at least 4 members (excludes halogenated alkanes) is 7. The zero-order valence-corrected chi connectivity index (χ0v) is 27.6. The van der Waals surface area contributed by atoms with Crippen molar-refractivity contribution in [2.75, 3.05) is 32.7 Å². The van der Waals surface area contributed by atoms with Crippen molar-refractivity contribution >= 4 is 23.6 Å². The van der Waals surface area contributed by atoms with E-state index in [-0.39, 0.29) is 48.7 Å². The number of rotatable bonds is 13. The summed E-state index contributed by atoms with van der Waals surface area (Å²) in [4.78, 5) is 56.1. The van der Waals surface area contributed by atoms with Gasteiger partial charge >= 0.3 is 0 Å². The molecule has 0 saturated carbocycles. The standard InChI is InChI=1S/C36H52N4O5/c1-5-6-7-8-9-10-11-12-20-37-32(42)25-40-22-14-13-21-39(26-33(43)38-36(2,3)4)34(44)29-17-15-16-27(23-29)28-18-19-31(41)30(24-28)35(40)45/h15-19,23-24,41H,5-14,20-22,25-26H2,1-4H3,(H,37,42)(H,38,43). The Morgan fingerprint density at radius 1 is 0.756 bits per heavy atom. The zero-order valence-electron chi connectivity index (χ0n) is 27.6. The highest BCUT2D eigenvalue weighted by Gasteiger charge is 2.25. The summed E-state index contributed by atoms with van der Waals surface area (Å²) >= 11 is 0. The molecule has 2 aromatic carbocycles. The molecule has 3 N–H and O–H groups in total. The second-order valence-corrected chi connectivity index (χ2v) is 13.1. The maximum absolute atomic E-state index is 13.7. The van der Waals surface area contributed by atoms with E-state index in [0.29, 0.717) is 42.6 Å². The van der Waals surface area contributed by atoms with Crippen LogP contribution in [0, 0.1) is 0 Å². The van der Waals surface area contributed by atoms with Crippen LogP contribution in [0.1, 0.15) is 113 Å². The lowest BCUT2D eigenvalue weighted by Crippen LogP contribution is -2.47. The number of aromatic hydroxyl groups is 1. The van der Waals surface area contributed by atoms with Crippen LogP contribution in [0.15, 0.2) is 42.5 Å². The van der Waals surface area contributed by atoms with E-state index in [1.54, 1.807) is 30.3 Å². The van der Waals surface area contributed by atoms with Crippen molar-refractivity contribution in [2.45, 2.75) is 97.4 Å². The van der Waals surface area contributed by atoms with Gasteiger partial charge < -0.3 is 25.5 Å². The maximum atomic E-state index is 13.7. The van der Waals surface area contributed by atoms with Crippen molar-refractivity contribution in [3.05, 3.63) is 53.6 Å². The fourth-order valence-corrected chi connectivity index (χ4v) is 5.53. The highest BCUT2D eigenvalue weighted by molar-refractivity contribution is 6.01. The molecule has 0 unspecified atom stereocenters. The molecule has 2 aromatic rings. The zero-order chi connectivity index (χ0) is 32.8. The summed E-state index contributed by atoms with van der Waals surface area (Å²) in [6.07, 6.45) is 10.4. The van der Waals surface area contributed by atoms with Gasteiger partial charge in [-0.25, -0.2) is 0 Å². The highest BCUT2D eigenvalue weighted by Crippen LogP contribution is 2.28. The molecule has 3 rings (SSSR count). The molecule has 45 heavy (non-hydrogen) atoms. The third kappa shape index (κ3) is 11.9. The second-order valence-electron chi connectivity index (χ2n) is 13.1. The summed E-state index contributed by atoms with van der Waals surface area (Å²) in [5, 5.41) is 16.5. The van der Waals surface area contributed by atoms with E-state index < -0.39 is 11.4 Å². The van der Waals surface area contributed by atoms with Crippen LogP contribution in [-0.2, 0) is 9.59 Å². The van der Waals surface area contributed by atoms with Gasteiger partial charge in [0.1, 0.15) is 5.75 Å². The average molecular weight is 621 g/mol. The molecule has 9 nitrogen and oxygen atoms in total. The normalized spacial score (nSPS) is 14.2. The lowest BCUT2D eigenvalue weighted by molar-refractivity contribution is -0.123. The van der Waals surface area contributed by atoms with Crippen LogP contribution in [0.2, 0.25) is 0 Å². The van der Waals surface area contributed by atoms with Gasteiger partial charge in [0.2, 0.25) is 11.8 Å². The Balaban J connectivity index is 1.75. The van der Waals surface area contributed by atoms with E-state index in [9.17, 15) is 24.3 Å². The third-order valence-corrected chi connectivity index (χ3v) is 7.89. The van der Waals surface area contributed by atoms with Crippen LogP contribution in [0.3, 0.4) is 0 Å². The Morgan fingerprint density at radius 2 is 1.33 bits per heavy atom. The van der Waals surface area contributed by atoms with Gasteiger partial charge in [-0.1, -0.05) is 70.1 Å². The fraction of sp³-hybridized carbons (Fsp3) is 0.556. The summed E-state index contributed by atoms with van der Waals surface area (Å²) in [5.74, 6) is -1.34. The molecular weight excluding hydrogens is 568 g/mol. The number of nitrogens with one attached hydrogen (secondary N) is 2. The highest BCUT2D eigenvalue weighted by atomic mass is 16.3. The van der Waals surface area contributed by atoms with Crippen molar-refractivity contribution in [1.29, 1.82) is 0 Å². The molecule has 1 aliphatic heterocycles. The predicted octanol–water partition coefficient (Wildman–Crippen LogP) is 5.91. The van der Waals surface area contributed by atoms with Gasteiger partial charge in [-0.3, -0.25) is 19.2 Å². The predicted molar refractivity (Wildman–Crippen MR) is 178 cm³/mol. The lowest BCUT2D eigenvalue weighted by atomic mass is 9.99. The molecule has 9 heteroatoms. The number of carbonyl (C=O) groups is 4. The number of hydrogen-bond donors (Lipinski definition) is 3. The first-order valence-corrected chi connectivity index (χ1v) is 16.6. The van der Waals surface area contributed by atoms with Crippen molar-refractivity contribution in [2.24, 2.45) is 0 Å². The number of hydrogen-bond acceptors (Lipinski definition) is 5. The first-order chi connectivity index (χ1) is 21.5. The number of phenols is 1. The first kappa shape index (κ1) is 35.6. The van der Waals surface area contributed by atoms with Crippen LogP contribution in [0.25, 0.3) is 11.1 Å². The van der Waals surface area contributed by atoms with Crippen molar-refractivity contribution in [3.8, 4) is 16.9 Å². The number of nitrogens with zero attached hydrogens (tertiary/aromatic N) is 2. The summed E-state index contributed by atoms with van der Waals surface area (Å²) in [7, 11) is 0. The summed E-state index contributed by atoms with van der Waals surface area (Å²) < 4.78 is 0. The topological polar surface area (TPSA) is 119 Å². The molecule has 0 fully saturated rings. The Hall–Kier alpha value is -3.88. The van der Waals surface area contributed by atoms with Crippen molar-refractivity contribution < 1.29 is 24.3 Å². The van der Waals surface area contributed by atoms with Gasteiger partial charge in [-0.2, -0.15) is 0 Å². The van der Waals surface area contributed by atoms with Crippen LogP contribution >= 0.6 is 0 Å². The van der Waals surface area contributed by atoms with E-state index >= 15 is 0 Å². The van der Waals surface area contributed by atoms with Crippen molar-refractivity contribution in [1.82, 2.24) is 20.4 Å². The van der Waals surface area contributed by atoms with Gasteiger partial charge in [0, 0.05) is 30.7 Å². The molecule has 0 aromatic heterocycles. The van der Waals surface area contributed by atoms with Crippen LogP contribution in [0.5, 0.6) is 5.75 Å². The van der Waals surface area contributed by atoms with Crippen molar-refractivity contribution in [3.63, 3.8) is 0 Å². The minimum Gasteiger partial charge on any atom is -0.507 e. The maximum Gasteiger partial charge on any atom is 0.258 e. The smallest absolute Gasteiger partial charge is 0.258 e. The minimum atomic E-state index is -0.436. The van der Waals surface area contributed by atoms with Gasteiger partial charge in [0.05, 0.1) is 18.7 Å². The van der Waals surface area contributed by atoms with Gasteiger partial charge in [0.15, 0.2) is 0 Å². The molecule has 0 atom stereocenters. The van der Waals surface area contributed by atoms with Gasteiger partial charge in [-0.15, -0.1) is 0 Å². The van der Waals surface area contributed by atoms with Crippen LogP contribution in [-0.4, -0.2) is 76.8 Å². The monoisotopic (exact) mass is 620 g/mol. The molecule has 246 valence electrons. The Kier molecular flexibility index (Phi) is 13.9. The van der Waals surface area contributed by atoms with Gasteiger partial charge in [0.25, 0.3) is 11.8 Å². The third-order valence-electron chi connectivity index (χ3n) is 7.89. The molecule has 1 aliphatic rings. The molecule has 0 aliphatic carbocycles. The fourth-order valence-electron chi connectivity index (χ4n) is 5.53. The number of benzene rings is 2. The largest absolute Gasteiger partial charge is 0.507 e. The van der Waals surface area contributed by atoms with E-state index in [1.165, 1.54) is 48.0 Å². The van der Waals surface area contributed by atoms with E-state index in [0.717, 1.165) is 19.3 Å². The van der Waals surface area contributed by atoms with E-state index in [1.807, 2.05) is 26.8 Å². The SMILES string of the molecule is CCCCCCCCCCNC(=O)CN1CCCCN(CC(=O)NC(C)(C)C)C(=O)c2cccc(c2)-c2ccc(O)c(c2)C1=O. The first-order valence-electron chi connectivity index (χ1n) is 16.6. The number of phenolic OH excluding ortho intramolecular Hbond substituents is 1. The number of amides is 4. The number of fused-ring (bicyclic) bond motifs is 5. The molecule has 0 spiro atoms. The van der Waals surface area contributed by atoms with Gasteiger partial charge in [-0.05, 0) is 75.4 Å². The molecule has 1 heterocycles. The minimum absolute atomic E-state index is 0.0898. The molecule has 0 radical (unpaired) electrons. The number of carbonyl (C=O) groups excluding carboxylic acids is 4. The Labute approximate surface area is 268 Å². The molecule has 4 amide bonds. The second kappa shape index (κ2) is 17.6. The van der Waals surface area contributed by atoms with E-state index in [2.05, 4.69) is 17.6 Å². The molecule has 0 saturated heterocycles. The van der Waals surface area contributed by atoms with Crippen LogP contribution in [0.4, 0.5) is 0 Å². The average Bonchev–Trinajstić information content (AvgIpc) is 2.99. The lowest BCUT2D eigenvalue weighted by Gasteiger charge is -2.27. The molecular formula is C36H52N4O5. The summed E-state index contributed by atoms with van der Waals surface area (Å²) in [5.41, 5.74) is 1.45.